The lowest BCUT2D eigenvalue weighted by Crippen LogP contribution is -2.47. The van der Waals surface area contributed by atoms with Crippen LogP contribution in [0.5, 0.6) is 5.75 Å². The van der Waals surface area contributed by atoms with Crippen molar-refractivity contribution in [1.29, 1.82) is 0 Å². The number of hydrogen-bond donors (Lipinski definition) is 1. The van der Waals surface area contributed by atoms with Crippen LogP contribution in [-0.4, -0.2) is 57.9 Å². The van der Waals surface area contributed by atoms with Gasteiger partial charge >= 0.3 is 0 Å². The summed E-state index contributed by atoms with van der Waals surface area (Å²) in [5, 5.41) is 12.0. The summed E-state index contributed by atoms with van der Waals surface area (Å²) in [5.74, 6) is 4.69. The van der Waals surface area contributed by atoms with Crippen molar-refractivity contribution in [2.24, 2.45) is 10.9 Å². The molecule has 1 aromatic carbocycles. The van der Waals surface area contributed by atoms with Gasteiger partial charge in [0.2, 0.25) is 0 Å². The molecule has 0 bridgehead atoms. The Hall–Kier alpha value is -2.57. The minimum Gasteiger partial charge on any atom is -0.490 e. The number of ether oxygens (including phenoxy) is 1. The van der Waals surface area contributed by atoms with Gasteiger partial charge in [-0.15, -0.1) is 10.2 Å². The molecule has 2 aliphatic rings. The molecule has 2 aromatic rings. The van der Waals surface area contributed by atoms with Crippen LogP contribution < -0.4 is 10.1 Å². The van der Waals surface area contributed by atoms with Gasteiger partial charge in [-0.05, 0) is 38.3 Å². The highest BCUT2D eigenvalue weighted by molar-refractivity contribution is 5.80. The fourth-order valence-electron chi connectivity index (χ4n) is 4.20. The van der Waals surface area contributed by atoms with Crippen LogP contribution in [0.3, 0.4) is 0 Å². The third-order valence-corrected chi connectivity index (χ3v) is 5.85. The Morgan fingerprint density at radius 3 is 2.72 bits per heavy atom. The average Bonchev–Trinajstić information content (AvgIpc) is 3.13. The number of benzene rings is 1. The third kappa shape index (κ3) is 4.89. The molecule has 3 heterocycles. The maximum atomic E-state index is 6.13. The number of aliphatic imine (C=N–C) groups is 1. The van der Waals surface area contributed by atoms with E-state index >= 15 is 0 Å². The van der Waals surface area contributed by atoms with Crippen LogP contribution in [0, 0.1) is 12.8 Å². The first-order chi connectivity index (χ1) is 14.2. The van der Waals surface area contributed by atoms with E-state index in [0.717, 1.165) is 81.8 Å². The van der Waals surface area contributed by atoms with Crippen molar-refractivity contribution in [1.82, 2.24) is 25.0 Å². The number of aryl methyl sites for hydroxylation is 2. The fourth-order valence-corrected chi connectivity index (χ4v) is 4.20. The second kappa shape index (κ2) is 9.29. The smallest absolute Gasteiger partial charge is 0.193 e. The Kier molecular flexibility index (Phi) is 6.32. The van der Waals surface area contributed by atoms with E-state index < -0.39 is 0 Å². The van der Waals surface area contributed by atoms with Gasteiger partial charge in [0.15, 0.2) is 5.96 Å². The first kappa shape index (κ1) is 19.7. The number of guanidine groups is 1. The van der Waals surface area contributed by atoms with Crippen LogP contribution in [0.25, 0.3) is 0 Å². The molecule has 1 N–H and O–H groups in total. The molecular formula is C22H32N6O. The van der Waals surface area contributed by atoms with E-state index in [9.17, 15) is 0 Å². The molecule has 1 fully saturated rings. The molecule has 1 saturated heterocycles. The van der Waals surface area contributed by atoms with Crippen molar-refractivity contribution in [3.8, 4) is 5.75 Å². The number of para-hydroxylation sites is 1. The lowest BCUT2D eigenvalue weighted by atomic mass is 9.99. The molecular weight excluding hydrogens is 364 g/mol. The highest BCUT2D eigenvalue weighted by Crippen LogP contribution is 2.21. The van der Waals surface area contributed by atoms with E-state index in [1.165, 1.54) is 0 Å². The van der Waals surface area contributed by atoms with E-state index in [1.54, 1.807) is 0 Å². The maximum Gasteiger partial charge on any atom is 0.193 e. The molecule has 7 heteroatoms. The monoisotopic (exact) mass is 396 g/mol. The van der Waals surface area contributed by atoms with Crippen LogP contribution in [0.1, 0.15) is 37.8 Å². The molecule has 0 aliphatic carbocycles. The lowest BCUT2D eigenvalue weighted by Gasteiger charge is -2.34. The summed E-state index contributed by atoms with van der Waals surface area (Å²) in [4.78, 5) is 7.37. The molecule has 156 valence electrons. The first-order valence-corrected chi connectivity index (χ1v) is 10.9. The van der Waals surface area contributed by atoms with E-state index in [4.69, 9.17) is 9.73 Å². The molecule has 1 unspecified atom stereocenters. The van der Waals surface area contributed by atoms with Gasteiger partial charge in [-0.2, -0.15) is 0 Å². The van der Waals surface area contributed by atoms with Crippen LogP contribution in [0.15, 0.2) is 35.3 Å². The number of fused-ring (bicyclic) bond motifs is 1. The number of likely N-dealkylation sites (tertiary alicyclic amines) is 1. The van der Waals surface area contributed by atoms with Crippen LogP contribution in [0.4, 0.5) is 0 Å². The van der Waals surface area contributed by atoms with Crippen molar-refractivity contribution in [2.45, 2.75) is 52.2 Å². The zero-order chi connectivity index (χ0) is 20.1. The van der Waals surface area contributed by atoms with Crippen molar-refractivity contribution < 1.29 is 4.74 Å². The molecule has 29 heavy (non-hydrogen) atoms. The van der Waals surface area contributed by atoms with Crippen molar-refractivity contribution >= 4 is 5.96 Å². The highest BCUT2D eigenvalue weighted by Gasteiger charge is 2.24. The van der Waals surface area contributed by atoms with Crippen LogP contribution in [-0.2, 0) is 13.0 Å². The number of aromatic nitrogens is 3. The molecule has 7 nitrogen and oxygen atoms in total. The summed E-state index contributed by atoms with van der Waals surface area (Å²) < 4.78 is 8.39. The van der Waals surface area contributed by atoms with E-state index in [0.29, 0.717) is 5.92 Å². The summed E-state index contributed by atoms with van der Waals surface area (Å²) in [6.45, 7) is 8.83. The lowest BCUT2D eigenvalue weighted by molar-refractivity contribution is 0.129. The van der Waals surface area contributed by atoms with Gasteiger partial charge in [-0.3, -0.25) is 4.99 Å². The molecule has 4 rings (SSSR count). The van der Waals surface area contributed by atoms with Crippen molar-refractivity contribution in [2.75, 3.05) is 26.2 Å². The summed E-state index contributed by atoms with van der Waals surface area (Å²) in [5.41, 5.74) is 0. The normalized spacial score (nSPS) is 20.4. The fraction of sp³-hybridized carbons (Fsp3) is 0.591. The molecule has 1 atom stereocenters. The Morgan fingerprint density at radius 1 is 1.17 bits per heavy atom. The molecule has 0 radical (unpaired) electrons. The van der Waals surface area contributed by atoms with Gasteiger partial charge < -0.3 is 19.5 Å². The summed E-state index contributed by atoms with van der Waals surface area (Å²) >= 11 is 0. The molecule has 0 spiro atoms. The second-order valence-corrected chi connectivity index (χ2v) is 7.99. The topological polar surface area (TPSA) is 67.6 Å². The Morgan fingerprint density at radius 2 is 1.97 bits per heavy atom. The molecule has 2 aliphatic heterocycles. The number of hydrogen-bond acceptors (Lipinski definition) is 4. The van der Waals surface area contributed by atoms with Gasteiger partial charge in [0.05, 0.1) is 0 Å². The molecule has 1 aromatic heterocycles. The van der Waals surface area contributed by atoms with E-state index in [1.807, 2.05) is 37.3 Å². The van der Waals surface area contributed by atoms with Crippen LogP contribution in [0.2, 0.25) is 0 Å². The van der Waals surface area contributed by atoms with Gasteiger partial charge in [0, 0.05) is 52.0 Å². The van der Waals surface area contributed by atoms with Crippen molar-refractivity contribution in [3.05, 3.63) is 42.0 Å². The van der Waals surface area contributed by atoms with Gasteiger partial charge in [0.25, 0.3) is 0 Å². The zero-order valence-corrected chi connectivity index (χ0v) is 17.5. The highest BCUT2D eigenvalue weighted by atomic mass is 16.5. The predicted octanol–water partition coefficient (Wildman–Crippen LogP) is 2.66. The minimum atomic E-state index is 0.282. The number of nitrogens with one attached hydrogen (secondary N) is 1. The Balaban J connectivity index is 1.31. The minimum absolute atomic E-state index is 0.282. The number of rotatable bonds is 5. The molecule has 0 amide bonds. The van der Waals surface area contributed by atoms with Gasteiger partial charge in [-0.1, -0.05) is 18.2 Å². The van der Waals surface area contributed by atoms with Crippen molar-refractivity contribution in [3.63, 3.8) is 0 Å². The Labute approximate surface area is 173 Å². The second-order valence-electron chi connectivity index (χ2n) is 7.99. The summed E-state index contributed by atoms with van der Waals surface area (Å²) in [6, 6.07) is 10.1. The van der Waals surface area contributed by atoms with Gasteiger partial charge in [0.1, 0.15) is 23.5 Å². The standard InChI is InChI=1S/C22H32N6O/c1-3-23-22(24-15-18-9-10-21-26-25-17(2)28(21)16-18)27-13-11-20(12-14-27)29-19-7-5-4-6-8-19/h4-8,18,20H,3,9-16H2,1-2H3,(H,23,24). The molecule has 0 saturated carbocycles. The SMILES string of the molecule is CCNC(=NCC1CCc2nnc(C)n2C1)N1CCC(Oc2ccccc2)CC1. The largest absolute Gasteiger partial charge is 0.490 e. The zero-order valence-electron chi connectivity index (χ0n) is 17.5. The van der Waals surface area contributed by atoms with E-state index in [-0.39, 0.29) is 6.10 Å². The van der Waals surface area contributed by atoms with E-state index in [2.05, 4.69) is 31.9 Å². The number of piperidine rings is 1. The quantitative estimate of drug-likeness (QED) is 0.622. The van der Waals surface area contributed by atoms with Gasteiger partial charge in [-0.25, -0.2) is 0 Å². The first-order valence-electron chi connectivity index (χ1n) is 10.9. The predicted molar refractivity (Wildman–Crippen MR) is 114 cm³/mol. The maximum absolute atomic E-state index is 6.13. The Bertz CT molecular complexity index is 810. The average molecular weight is 397 g/mol. The summed E-state index contributed by atoms with van der Waals surface area (Å²) in [6.07, 6.45) is 4.45. The number of nitrogens with zero attached hydrogens (tertiary/aromatic N) is 5. The van der Waals surface area contributed by atoms with Crippen LogP contribution >= 0.6 is 0 Å². The summed E-state index contributed by atoms with van der Waals surface area (Å²) in [7, 11) is 0. The third-order valence-electron chi connectivity index (χ3n) is 5.85.